The Morgan fingerprint density at radius 2 is 2.07 bits per heavy atom. The number of hydrogen-bond acceptors (Lipinski definition) is 1. The molecule has 1 nitrogen and oxygen atoms in total. The van der Waals surface area contributed by atoms with Crippen molar-refractivity contribution in [2.45, 2.75) is 40.0 Å². The van der Waals surface area contributed by atoms with Gasteiger partial charge in [0.2, 0.25) is 0 Å². The molecule has 0 radical (unpaired) electrons. The van der Waals surface area contributed by atoms with Gasteiger partial charge < -0.3 is 0 Å². The summed E-state index contributed by atoms with van der Waals surface area (Å²) in [5.41, 5.74) is 1.32. The molecule has 0 heterocycles. The lowest BCUT2D eigenvalue weighted by Crippen LogP contribution is -2.35. The van der Waals surface area contributed by atoms with Crippen molar-refractivity contribution in [2.24, 2.45) is 17.3 Å². The van der Waals surface area contributed by atoms with Crippen molar-refractivity contribution < 1.29 is 4.79 Å². The normalized spacial score (nSPS) is 35.9. The summed E-state index contributed by atoms with van der Waals surface area (Å²) in [6.07, 6.45) is 5.05. The van der Waals surface area contributed by atoms with Crippen molar-refractivity contribution in [1.82, 2.24) is 0 Å². The van der Waals surface area contributed by atoms with E-state index in [9.17, 15) is 4.79 Å². The van der Waals surface area contributed by atoms with Crippen LogP contribution in [0, 0.1) is 17.3 Å². The standard InChI is InChI=1S/C14H22O/c1-6-14(5)8-7-12(11(4)15)9-13(14)10(2)3/h6,12-13H,1-2,7-9H2,3-5H3/t12-,13-,14-/m1/s1. The third-order valence-corrected chi connectivity index (χ3v) is 3.98. The molecule has 1 aliphatic rings. The largest absolute Gasteiger partial charge is 0.300 e. The zero-order valence-corrected chi connectivity index (χ0v) is 10.2. The predicted molar refractivity (Wildman–Crippen MR) is 64.6 cm³/mol. The number of ketones is 1. The Bertz CT molecular complexity index is 290. The zero-order valence-electron chi connectivity index (χ0n) is 10.2. The van der Waals surface area contributed by atoms with Gasteiger partial charge in [-0.15, -0.1) is 6.58 Å². The number of carbonyl (C=O) groups excluding carboxylic acids is 1. The van der Waals surface area contributed by atoms with Gasteiger partial charge in [0.1, 0.15) is 5.78 Å². The second kappa shape index (κ2) is 4.34. The molecule has 1 fully saturated rings. The summed E-state index contributed by atoms with van der Waals surface area (Å²) in [5.74, 6) is 0.977. The van der Waals surface area contributed by atoms with Gasteiger partial charge in [0.25, 0.3) is 0 Å². The maximum atomic E-state index is 11.4. The molecule has 1 rings (SSSR count). The Kier molecular flexibility index (Phi) is 3.54. The average Bonchev–Trinajstić information content (AvgIpc) is 2.17. The van der Waals surface area contributed by atoms with Crippen molar-refractivity contribution in [1.29, 1.82) is 0 Å². The summed E-state index contributed by atoms with van der Waals surface area (Å²) >= 11 is 0. The van der Waals surface area contributed by atoms with Crippen molar-refractivity contribution in [3.63, 3.8) is 0 Å². The van der Waals surface area contributed by atoms with E-state index >= 15 is 0 Å². The van der Waals surface area contributed by atoms with Crippen LogP contribution in [-0.2, 0) is 4.79 Å². The first-order valence-electron chi connectivity index (χ1n) is 5.70. The predicted octanol–water partition coefficient (Wildman–Crippen LogP) is 3.76. The molecule has 0 aromatic carbocycles. The molecule has 15 heavy (non-hydrogen) atoms. The van der Waals surface area contributed by atoms with Gasteiger partial charge in [0.05, 0.1) is 0 Å². The van der Waals surface area contributed by atoms with Crippen LogP contribution in [0.3, 0.4) is 0 Å². The molecule has 0 aliphatic heterocycles. The molecule has 0 aromatic heterocycles. The lowest BCUT2D eigenvalue weighted by Gasteiger charge is -2.42. The second-order valence-electron chi connectivity index (χ2n) is 5.19. The fourth-order valence-corrected chi connectivity index (χ4v) is 2.71. The Balaban J connectivity index is 2.88. The van der Waals surface area contributed by atoms with Crippen LogP contribution in [0.25, 0.3) is 0 Å². The molecule has 0 amide bonds. The molecule has 0 N–H and O–H groups in total. The summed E-state index contributed by atoms with van der Waals surface area (Å²) < 4.78 is 0. The van der Waals surface area contributed by atoms with E-state index in [1.54, 1.807) is 6.92 Å². The number of hydrogen-bond donors (Lipinski definition) is 0. The van der Waals surface area contributed by atoms with Crippen molar-refractivity contribution in [3.8, 4) is 0 Å². The van der Waals surface area contributed by atoms with Crippen LogP contribution in [0.5, 0.6) is 0 Å². The van der Waals surface area contributed by atoms with Crippen LogP contribution in [0.1, 0.15) is 40.0 Å². The Hall–Kier alpha value is -0.850. The van der Waals surface area contributed by atoms with Crippen molar-refractivity contribution in [3.05, 3.63) is 24.8 Å². The maximum Gasteiger partial charge on any atom is 0.132 e. The Labute approximate surface area is 93.3 Å². The number of allylic oxidation sites excluding steroid dienone is 2. The highest BCUT2D eigenvalue weighted by Crippen LogP contribution is 2.47. The van der Waals surface area contributed by atoms with Gasteiger partial charge in [0, 0.05) is 5.92 Å². The maximum absolute atomic E-state index is 11.4. The highest BCUT2D eigenvalue weighted by molar-refractivity contribution is 5.78. The third-order valence-electron chi connectivity index (χ3n) is 3.98. The third kappa shape index (κ3) is 2.39. The molecule has 0 spiro atoms. The van der Waals surface area contributed by atoms with Gasteiger partial charge in [-0.1, -0.05) is 25.2 Å². The molecule has 1 saturated carbocycles. The first-order chi connectivity index (χ1) is 6.90. The first kappa shape index (κ1) is 12.2. The van der Waals surface area contributed by atoms with E-state index in [-0.39, 0.29) is 11.3 Å². The summed E-state index contributed by atoms with van der Waals surface area (Å²) in [7, 11) is 0. The van der Waals surface area contributed by atoms with Crippen molar-refractivity contribution >= 4 is 5.78 Å². The number of Topliss-reactive ketones (excluding diaryl/α,β-unsaturated/α-hetero) is 1. The molecular formula is C14H22O. The second-order valence-corrected chi connectivity index (χ2v) is 5.19. The van der Waals surface area contributed by atoms with Gasteiger partial charge in [-0.05, 0) is 44.4 Å². The molecule has 1 aliphatic carbocycles. The minimum atomic E-state index is 0.137. The van der Waals surface area contributed by atoms with Crippen LogP contribution in [0.15, 0.2) is 24.8 Å². The quantitative estimate of drug-likeness (QED) is 0.643. The van der Waals surface area contributed by atoms with Crippen LogP contribution in [0.4, 0.5) is 0 Å². The average molecular weight is 206 g/mol. The van der Waals surface area contributed by atoms with E-state index in [0.29, 0.717) is 11.7 Å². The number of rotatable bonds is 3. The van der Waals surface area contributed by atoms with E-state index < -0.39 is 0 Å². The van der Waals surface area contributed by atoms with Gasteiger partial charge in [-0.3, -0.25) is 4.79 Å². The molecule has 0 bridgehead atoms. The highest BCUT2D eigenvalue weighted by atomic mass is 16.1. The Morgan fingerprint density at radius 1 is 1.47 bits per heavy atom. The SMILES string of the molecule is C=C[C@]1(C)CC[C@@H](C(C)=O)C[C@@H]1C(=C)C. The lowest BCUT2D eigenvalue weighted by atomic mass is 9.62. The van der Waals surface area contributed by atoms with Crippen LogP contribution in [-0.4, -0.2) is 5.78 Å². The molecule has 1 heteroatoms. The summed E-state index contributed by atoms with van der Waals surface area (Å²) in [4.78, 5) is 11.4. The van der Waals surface area contributed by atoms with Crippen LogP contribution < -0.4 is 0 Å². The summed E-state index contributed by atoms with van der Waals surface area (Å²) in [5, 5.41) is 0. The monoisotopic (exact) mass is 206 g/mol. The van der Waals surface area contributed by atoms with E-state index in [4.69, 9.17) is 0 Å². The van der Waals surface area contributed by atoms with Gasteiger partial charge in [0.15, 0.2) is 0 Å². The Morgan fingerprint density at radius 3 is 2.47 bits per heavy atom. The summed E-state index contributed by atoms with van der Waals surface area (Å²) in [6, 6.07) is 0. The van der Waals surface area contributed by atoms with Crippen molar-refractivity contribution in [2.75, 3.05) is 0 Å². The number of carbonyl (C=O) groups is 1. The molecule has 3 atom stereocenters. The van der Waals surface area contributed by atoms with E-state index in [2.05, 4.69) is 27.0 Å². The molecular weight excluding hydrogens is 184 g/mol. The molecule has 0 saturated heterocycles. The minimum absolute atomic E-state index is 0.137. The molecule has 0 unspecified atom stereocenters. The van der Waals surface area contributed by atoms with Gasteiger partial charge in [-0.2, -0.15) is 0 Å². The van der Waals surface area contributed by atoms with Crippen LogP contribution >= 0.6 is 0 Å². The highest BCUT2D eigenvalue weighted by Gasteiger charge is 2.39. The van der Waals surface area contributed by atoms with E-state index in [0.717, 1.165) is 19.3 Å². The smallest absolute Gasteiger partial charge is 0.132 e. The van der Waals surface area contributed by atoms with E-state index in [1.165, 1.54) is 5.57 Å². The van der Waals surface area contributed by atoms with E-state index in [1.807, 2.05) is 6.08 Å². The van der Waals surface area contributed by atoms with Gasteiger partial charge >= 0.3 is 0 Å². The van der Waals surface area contributed by atoms with Gasteiger partial charge in [-0.25, -0.2) is 0 Å². The first-order valence-corrected chi connectivity index (χ1v) is 5.70. The summed E-state index contributed by atoms with van der Waals surface area (Å²) in [6.45, 7) is 14.0. The molecule has 0 aromatic rings. The topological polar surface area (TPSA) is 17.1 Å². The lowest BCUT2D eigenvalue weighted by molar-refractivity contribution is -0.122. The zero-order chi connectivity index (χ0) is 11.6. The minimum Gasteiger partial charge on any atom is -0.300 e. The van der Waals surface area contributed by atoms with Crippen LogP contribution in [0.2, 0.25) is 0 Å². The molecule has 84 valence electrons. The fraction of sp³-hybridized carbons (Fsp3) is 0.643. The fourth-order valence-electron chi connectivity index (χ4n) is 2.71.